The Morgan fingerprint density at radius 1 is 0.923 bits per heavy atom. The van der Waals surface area contributed by atoms with E-state index in [0.717, 1.165) is 0 Å². The standard InChI is InChI=1S/C8H6O4.Pt/c9-7(10)5-3-1-2-4-6(5)8(11)12;/h1-4H,(H,9,10)(H,11,12);. The van der Waals surface area contributed by atoms with Crippen LogP contribution in [0.4, 0.5) is 0 Å². The fourth-order valence-corrected chi connectivity index (χ4v) is 0.856. The number of carboxylic acids is 2. The van der Waals surface area contributed by atoms with Crippen LogP contribution in [0.5, 0.6) is 0 Å². The van der Waals surface area contributed by atoms with Gasteiger partial charge in [-0.25, -0.2) is 9.59 Å². The summed E-state index contributed by atoms with van der Waals surface area (Å²) < 4.78 is 0. The summed E-state index contributed by atoms with van der Waals surface area (Å²) in [4.78, 5) is 20.9. The first kappa shape index (κ1) is 11.8. The van der Waals surface area contributed by atoms with Crippen molar-refractivity contribution in [3.8, 4) is 0 Å². The molecule has 0 aromatic heterocycles. The zero-order chi connectivity index (χ0) is 9.14. The summed E-state index contributed by atoms with van der Waals surface area (Å²) >= 11 is 0. The van der Waals surface area contributed by atoms with E-state index in [1.54, 1.807) is 0 Å². The maximum Gasteiger partial charge on any atom is 0.336 e. The summed E-state index contributed by atoms with van der Waals surface area (Å²) in [6.45, 7) is 0. The van der Waals surface area contributed by atoms with Crippen molar-refractivity contribution < 1.29 is 40.9 Å². The monoisotopic (exact) mass is 361 g/mol. The van der Waals surface area contributed by atoms with E-state index in [2.05, 4.69) is 0 Å². The number of carbonyl (C=O) groups is 2. The summed E-state index contributed by atoms with van der Waals surface area (Å²) in [7, 11) is 0. The molecule has 0 atom stereocenters. The molecule has 0 unspecified atom stereocenters. The second-order valence-corrected chi connectivity index (χ2v) is 2.16. The summed E-state index contributed by atoms with van der Waals surface area (Å²) in [5, 5.41) is 17.1. The third kappa shape index (κ3) is 2.67. The molecule has 0 fully saturated rings. The van der Waals surface area contributed by atoms with E-state index >= 15 is 0 Å². The Hall–Kier alpha value is -1.15. The van der Waals surface area contributed by atoms with Gasteiger partial charge < -0.3 is 10.2 Å². The van der Waals surface area contributed by atoms with Gasteiger partial charge in [0, 0.05) is 21.1 Å². The fourth-order valence-electron chi connectivity index (χ4n) is 0.856. The van der Waals surface area contributed by atoms with Gasteiger partial charge in [0.1, 0.15) is 0 Å². The molecule has 0 saturated carbocycles. The van der Waals surface area contributed by atoms with Crippen molar-refractivity contribution in [2.75, 3.05) is 0 Å². The molecule has 0 radical (unpaired) electrons. The van der Waals surface area contributed by atoms with Crippen molar-refractivity contribution in [2.24, 2.45) is 0 Å². The molecule has 0 aliphatic rings. The smallest absolute Gasteiger partial charge is 0.336 e. The minimum absolute atomic E-state index is 0. The fraction of sp³-hybridized carbons (Fsp3) is 0. The molecule has 72 valence electrons. The van der Waals surface area contributed by atoms with Crippen molar-refractivity contribution in [3.05, 3.63) is 35.4 Å². The first-order valence-electron chi connectivity index (χ1n) is 3.18. The van der Waals surface area contributed by atoms with Crippen LogP contribution in [0.15, 0.2) is 24.3 Å². The second kappa shape index (κ2) is 4.77. The van der Waals surface area contributed by atoms with Gasteiger partial charge in [0.2, 0.25) is 0 Å². The molecule has 2 N–H and O–H groups in total. The molecule has 0 heterocycles. The first-order valence-corrected chi connectivity index (χ1v) is 3.18. The van der Waals surface area contributed by atoms with Gasteiger partial charge in [-0.05, 0) is 12.1 Å². The minimum Gasteiger partial charge on any atom is -0.478 e. The summed E-state index contributed by atoms with van der Waals surface area (Å²) in [6.07, 6.45) is 0. The number of aromatic carboxylic acids is 2. The first-order chi connectivity index (χ1) is 5.63. The molecule has 5 heteroatoms. The van der Waals surface area contributed by atoms with Gasteiger partial charge in [-0.1, -0.05) is 12.1 Å². The van der Waals surface area contributed by atoms with Crippen LogP contribution in [0.2, 0.25) is 0 Å². The summed E-state index contributed by atoms with van der Waals surface area (Å²) in [6, 6.07) is 5.48. The molecular weight excluding hydrogens is 355 g/mol. The van der Waals surface area contributed by atoms with Crippen LogP contribution in [-0.2, 0) is 21.1 Å². The van der Waals surface area contributed by atoms with Crippen molar-refractivity contribution in [1.29, 1.82) is 0 Å². The third-order valence-corrected chi connectivity index (χ3v) is 1.39. The molecular formula is C8H6O4Pt. The molecule has 1 aromatic carbocycles. The molecule has 4 nitrogen and oxygen atoms in total. The van der Waals surface area contributed by atoms with E-state index in [9.17, 15) is 9.59 Å². The molecule has 1 rings (SSSR count). The van der Waals surface area contributed by atoms with E-state index in [1.807, 2.05) is 0 Å². The van der Waals surface area contributed by atoms with E-state index < -0.39 is 11.9 Å². The van der Waals surface area contributed by atoms with Crippen LogP contribution in [0.25, 0.3) is 0 Å². The van der Waals surface area contributed by atoms with Gasteiger partial charge in [-0.15, -0.1) is 0 Å². The minimum atomic E-state index is -1.23. The van der Waals surface area contributed by atoms with E-state index in [-0.39, 0.29) is 32.2 Å². The van der Waals surface area contributed by atoms with Crippen molar-refractivity contribution >= 4 is 11.9 Å². The molecule has 1 aromatic rings. The number of rotatable bonds is 2. The molecule has 0 aliphatic carbocycles. The predicted molar refractivity (Wildman–Crippen MR) is 40.4 cm³/mol. The maximum atomic E-state index is 10.5. The van der Waals surface area contributed by atoms with Gasteiger partial charge >= 0.3 is 11.9 Å². The van der Waals surface area contributed by atoms with Crippen LogP contribution < -0.4 is 0 Å². The number of carboxylic acid groups (broad SMARTS) is 2. The summed E-state index contributed by atoms with van der Waals surface area (Å²) in [5.41, 5.74) is -0.380. The molecule has 0 amide bonds. The zero-order valence-electron chi connectivity index (χ0n) is 6.34. The largest absolute Gasteiger partial charge is 0.478 e. The normalized spacial score (nSPS) is 8.62. The Morgan fingerprint density at radius 2 is 1.23 bits per heavy atom. The number of benzene rings is 1. The zero-order valence-corrected chi connectivity index (χ0v) is 8.61. The summed E-state index contributed by atoms with van der Waals surface area (Å²) in [5.74, 6) is -2.46. The van der Waals surface area contributed by atoms with Crippen LogP contribution in [-0.4, -0.2) is 22.2 Å². The van der Waals surface area contributed by atoms with Gasteiger partial charge in [-0.2, -0.15) is 0 Å². The Kier molecular flexibility index (Phi) is 4.35. The van der Waals surface area contributed by atoms with Crippen molar-refractivity contribution in [3.63, 3.8) is 0 Å². The molecule has 0 bridgehead atoms. The van der Waals surface area contributed by atoms with E-state index in [1.165, 1.54) is 24.3 Å². The maximum absolute atomic E-state index is 10.5. The van der Waals surface area contributed by atoms with Gasteiger partial charge in [0.05, 0.1) is 11.1 Å². The second-order valence-electron chi connectivity index (χ2n) is 2.16. The SMILES string of the molecule is O=C(O)c1ccccc1C(=O)O.[Pt]. The Morgan fingerprint density at radius 3 is 1.46 bits per heavy atom. The van der Waals surface area contributed by atoms with Crippen LogP contribution in [0.3, 0.4) is 0 Å². The Labute approximate surface area is 88.5 Å². The molecule has 0 saturated heterocycles. The van der Waals surface area contributed by atoms with Gasteiger partial charge in [0.25, 0.3) is 0 Å². The van der Waals surface area contributed by atoms with E-state index in [4.69, 9.17) is 10.2 Å². The topological polar surface area (TPSA) is 74.6 Å². The molecule has 0 spiro atoms. The third-order valence-electron chi connectivity index (χ3n) is 1.39. The Bertz CT molecular complexity index is 302. The van der Waals surface area contributed by atoms with Crippen LogP contribution >= 0.6 is 0 Å². The number of hydrogen-bond donors (Lipinski definition) is 2. The average molecular weight is 361 g/mol. The number of hydrogen-bond acceptors (Lipinski definition) is 2. The predicted octanol–water partition coefficient (Wildman–Crippen LogP) is 1.08. The van der Waals surface area contributed by atoms with Crippen molar-refractivity contribution in [2.45, 2.75) is 0 Å². The average Bonchev–Trinajstić information content (AvgIpc) is 2.04. The quantitative estimate of drug-likeness (QED) is 0.827. The van der Waals surface area contributed by atoms with Crippen molar-refractivity contribution in [1.82, 2.24) is 0 Å². The van der Waals surface area contributed by atoms with Gasteiger partial charge in [0.15, 0.2) is 0 Å². The van der Waals surface area contributed by atoms with E-state index in [0.29, 0.717) is 0 Å². The van der Waals surface area contributed by atoms with Crippen LogP contribution in [0, 0.1) is 0 Å². The van der Waals surface area contributed by atoms with Crippen LogP contribution in [0.1, 0.15) is 20.7 Å². The van der Waals surface area contributed by atoms with Gasteiger partial charge in [-0.3, -0.25) is 0 Å². The molecule has 0 aliphatic heterocycles. The molecule has 13 heavy (non-hydrogen) atoms. The Balaban J connectivity index is 0.00000144.